The Morgan fingerprint density at radius 1 is 0.523 bits per heavy atom. The quantitative estimate of drug-likeness (QED) is 0.185. The molecule has 2 aliphatic rings. The van der Waals surface area contributed by atoms with Crippen LogP contribution in [0.4, 0.5) is 0 Å². The second-order valence-corrected chi connectivity index (χ2v) is 15.3. The number of hydrogen-bond donors (Lipinski definition) is 0. The van der Waals surface area contributed by atoms with Gasteiger partial charge < -0.3 is 0 Å². The topological polar surface area (TPSA) is 0 Å². The summed E-state index contributed by atoms with van der Waals surface area (Å²) >= 11 is 0. The Morgan fingerprint density at radius 3 is 1.55 bits per heavy atom. The molecule has 0 heteroatoms. The second kappa shape index (κ2) is 9.42. The minimum Gasteiger partial charge on any atom is -0.102 e. The fourth-order valence-corrected chi connectivity index (χ4v) is 7.89. The van der Waals surface area contributed by atoms with Crippen LogP contribution in [0.5, 0.6) is 0 Å². The molecule has 0 radical (unpaired) electrons. The molecule has 0 spiro atoms. The number of hydrogen-bond acceptors (Lipinski definition) is 0. The molecule has 2 aliphatic carbocycles. The van der Waals surface area contributed by atoms with Crippen LogP contribution in [0.2, 0.25) is 0 Å². The first-order valence-corrected chi connectivity index (χ1v) is 16.1. The number of rotatable bonds is 3. The van der Waals surface area contributed by atoms with Crippen LogP contribution in [-0.4, -0.2) is 0 Å². The lowest BCUT2D eigenvalue weighted by molar-refractivity contribution is 0.588. The summed E-state index contributed by atoms with van der Waals surface area (Å²) in [5, 5.41) is 0. The van der Waals surface area contributed by atoms with E-state index in [9.17, 15) is 0 Å². The van der Waals surface area contributed by atoms with Crippen molar-refractivity contribution in [2.24, 2.45) is 0 Å². The Morgan fingerprint density at radius 2 is 1.00 bits per heavy atom. The summed E-state index contributed by atoms with van der Waals surface area (Å²) in [6.07, 6.45) is 2.15. The van der Waals surface area contributed by atoms with E-state index in [0.29, 0.717) is 0 Å². The molecule has 0 N–H and O–H groups in total. The van der Waals surface area contributed by atoms with Crippen LogP contribution in [0.3, 0.4) is 0 Å². The van der Waals surface area contributed by atoms with Crippen molar-refractivity contribution >= 4 is 0 Å². The summed E-state index contributed by atoms with van der Waals surface area (Å²) < 4.78 is 0. The van der Waals surface area contributed by atoms with Crippen LogP contribution in [0.25, 0.3) is 22.3 Å². The molecule has 7 rings (SSSR count). The van der Waals surface area contributed by atoms with Gasteiger partial charge in [-0.2, -0.15) is 0 Å². The van der Waals surface area contributed by atoms with E-state index >= 15 is 0 Å². The Kier molecular flexibility index (Phi) is 6.12. The van der Waals surface area contributed by atoms with Gasteiger partial charge in [-0.1, -0.05) is 144 Å². The lowest BCUT2D eigenvalue weighted by atomic mass is 9.66. The molecule has 0 heterocycles. The summed E-state index contributed by atoms with van der Waals surface area (Å²) in [4.78, 5) is 0. The van der Waals surface area contributed by atoms with Crippen molar-refractivity contribution in [2.75, 3.05) is 0 Å². The van der Waals surface area contributed by atoms with E-state index in [4.69, 9.17) is 0 Å². The van der Waals surface area contributed by atoms with Gasteiger partial charge >= 0.3 is 0 Å². The predicted molar refractivity (Wildman–Crippen MR) is 188 cm³/mol. The van der Waals surface area contributed by atoms with Crippen molar-refractivity contribution in [3.8, 4) is 22.3 Å². The Hall–Kier alpha value is -4.16. The minimum absolute atomic E-state index is 0.0867. The first-order chi connectivity index (χ1) is 20.8. The smallest absolute Gasteiger partial charge is 0.0713 e. The van der Waals surface area contributed by atoms with Gasteiger partial charge in [0.15, 0.2) is 0 Å². The summed E-state index contributed by atoms with van der Waals surface area (Å²) in [7, 11) is 0. The Bertz CT molecular complexity index is 1880. The zero-order valence-corrected chi connectivity index (χ0v) is 27.6. The molecule has 0 saturated heterocycles. The molecule has 0 aliphatic heterocycles. The molecule has 5 aromatic carbocycles. The molecule has 220 valence electrons. The highest BCUT2D eigenvalue weighted by molar-refractivity contribution is 5.93. The Balaban J connectivity index is 1.59. The maximum absolute atomic E-state index is 4.36. The van der Waals surface area contributed by atoms with Crippen molar-refractivity contribution in [1.29, 1.82) is 0 Å². The molecule has 0 nitrogen and oxygen atoms in total. The van der Waals surface area contributed by atoms with Crippen LogP contribution in [0.15, 0.2) is 116 Å². The molecular weight excluding hydrogens is 528 g/mol. The van der Waals surface area contributed by atoms with Crippen molar-refractivity contribution in [1.82, 2.24) is 0 Å². The summed E-state index contributed by atoms with van der Waals surface area (Å²) in [6, 6.07) is 40.0. The molecule has 0 aromatic heterocycles. The molecular formula is C44H44. The number of fused-ring (bicyclic) bond motifs is 6. The van der Waals surface area contributed by atoms with Gasteiger partial charge in [-0.15, -0.1) is 6.58 Å². The maximum atomic E-state index is 4.36. The van der Waals surface area contributed by atoms with E-state index in [1.54, 1.807) is 0 Å². The Labute approximate surface area is 264 Å². The molecule has 0 amide bonds. The van der Waals surface area contributed by atoms with Crippen LogP contribution in [-0.2, 0) is 21.7 Å². The van der Waals surface area contributed by atoms with Gasteiger partial charge in [0.25, 0.3) is 0 Å². The maximum Gasteiger partial charge on any atom is 0.0713 e. The first kappa shape index (κ1) is 28.6. The lowest BCUT2D eigenvalue weighted by Crippen LogP contribution is -2.29. The van der Waals surface area contributed by atoms with Gasteiger partial charge in [0.2, 0.25) is 0 Å². The molecule has 0 bridgehead atoms. The first-order valence-electron chi connectivity index (χ1n) is 16.1. The van der Waals surface area contributed by atoms with Crippen molar-refractivity contribution in [3.05, 3.63) is 166 Å². The van der Waals surface area contributed by atoms with Gasteiger partial charge in [0.05, 0.1) is 5.41 Å². The third-order valence-corrected chi connectivity index (χ3v) is 10.5. The molecule has 44 heavy (non-hydrogen) atoms. The third-order valence-electron chi connectivity index (χ3n) is 10.5. The summed E-state index contributed by atoms with van der Waals surface area (Å²) in [6.45, 7) is 22.6. The molecule has 1 atom stereocenters. The highest BCUT2D eigenvalue weighted by Crippen LogP contribution is 2.60. The van der Waals surface area contributed by atoms with Crippen LogP contribution in [0, 0.1) is 6.92 Å². The average Bonchev–Trinajstić information content (AvgIpc) is 3.42. The van der Waals surface area contributed by atoms with Crippen LogP contribution < -0.4 is 0 Å². The van der Waals surface area contributed by atoms with Gasteiger partial charge in [0, 0.05) is 5.41 Å². The van der Waals surface area contributed by atoms with E-state index in [1.165, 1.54) is 72.3 Å². The van der Waals surface area contributed by atoms with Crippen LogP contribution in [0.1, 0.15) is 98.5 Å². The van der Waals surface area contributed by atoms with E-state index < -0.39 is 5.41 Å². The van der Waals surface area contributed by atoms with E-state index in [2.05, 4.69) is 171 Å². The molecule has 5 aromatic rings. The zero-order valence-electron chi connectivity index (χ0n) is 27.6. The average molecular weight is 573 g/mol. The van der Waals surface area contributed by atoms with Gasteiger partial charge in [-0.25, -0.2) is 0 Å². The number of aryl methyl sites for hydroxylation is 1. The number of benzene rings is 5. The largest absolute Gasteiger partial charge is 0.102 e. The number of allylic oxidation sites excluding steroid dienone is 1. The predicted octanol–water partition coefficient (Wildman–Crippen LogP) is 11.4. The lowest BCUT2D eigenvalue weighted by Gasteiger charge is -2.35. The minimum atomic E-state index is -0.439. The monoisotopic (exact) mass is 572 g/mol. The zero-order chi connectivity index (χ0) is 31.2. The highest BCUT2D eigenvalue weighted by Gasteiger charge is 2.48. The fraction of sp³-hybridized carbons (Fsp3) is 0.273. The highest BCUT2D eigenvalue weighted by atomic mass is 14.5. The van der Waals surface area contributed by atoms with E-state index in [0.717, 1.165) is 0 Å². The standard InChI is InChI=1S/C44H44/c1-10-43(9)38-25-28(2)15-24-34(38)35-27-40-36(26-39(35)43)33-13-11-12-14-37(33)44(40,31-20-16-29(17-21-31)41(3,4)5)32-22-18-30(19-23-32)42(6,7)8/h10-27H,1H2,2-9H3. The van der Waals surface area contributed by atoms with Crippen LogP contribution >= 0.6 is 0 Å². The van der Waals surface area contributed by atoms with E-state index in [1.807, 2.05) is 0 Å². The fourth-order valence-electron chi connectivity index (χ4n) is 7.89. The van der Waals surface area contributed by atoms with E-state index in [-0.39, 0.29) is 16.2 Å². The normalized spacial score (nSPS) is 17.9. The van der Waals surface area contributed by atoms with Gasteiger partial charge in [0.1, 0.15) is 0 Å². The second-order valence-electron chi connectivity index (χ2n) is 15.3. The third kappa shape index (κ3) is 3.89. The SMILES string of the molecule is C=CC1(C)c2cc(C)ccc2-c2cc3c(cc21)-c1ccccc1C3(c1ccc(C(C)(C)C)cc1)c1ccc(C(C)(C)C)cc1. The van der Waals surface area contributed by atoms with Crippen molar-refractivity contribution in [3.63, 3.8) is 0 Å². The summed E-state index contributed by atoms with van der Waals surface area (Å²) in [5.74, 6) is 0. The summed E-state index contributed by atoms with van der Waals surface area (Å²) in [5.41, 5.74) is 16.8. The van der Waals surface area contributed by atoms with Crippen molar-refractivity contribution < 1.29 is 0 Å². The van der Waals surface area contributed by atoms with Gasteiger partial charge in [-0.3, -0.25) is 0 Å². The van der Waals surface area contributed by atoms with Crippen molar-refractivity contribution in [2.45, 2.75) is 77.0 Å². The molecule has 0 fully saturated rings. The van der Waals surface area contributed by atoms with Gasteiger partial charge in [-0.05, 0) is 104 Å². The molecule has 0 saturated carbocycles. The molecule has 1 unspecified atom stereocenters.